The molecular formula is C13H14FN5. The molecule has 3 rings (SSSR count). The largest absolute Gasteiger partial charge is 0.348 e. The van der Waals surface area contributed by atoms with Crippen molar-refractivity contribution < 1.29 is 4.39 Å². The van der Waals surface area contributed by atoms with Crippen molar-refractivity contribution in [3.05, 3.63) is 42.3 Å². The number of nitrogens with zero attached hydrogens (tertiary/aromatic N) is 2. The lowest BCUT2D eigenvalue weighted by atomic mass is 10.3. The number of halogens is 1. The molecule has 0 fully saturated rings. The van der Waals surface area contributed by atoms with E-state index < -0.39 is 0 Å². The monoisotopic (exact) mass is 259 g/mol. The fourth-order valence-electron chi connectivity index (χ4n) is 2.08. The molecule has 0 spiro atoms. The zero-order valence-electron chi connectivity index (χ0n) is 10.2. The average Bonchev–Trinajstić information content (AvgIpc) is 2.99. The van der Waals surface area contributed by atoms with Crippen molar-refractivity contribution >= 4 is 22.8 Å². The number of nitrogens with two attached hydrogens (primary N) is 1. The van der Waals surface area contributed by atoms with Gasteiger partial charge >= 0.3 is 0 Å². The first kappa shape index (κ1) is 11.7. The Hall–Kier alpha value is -2.34. The molecule has 6 heteroatoms. The molecule has 1 aromatic carbocycles. The third-order valence-electron chi connectivity index (χ3n) is 2.91. The Labute approximate surface area is 109 Å². The SMILES string of the molecule is NCCn1c(Nc2ccc[nH]2)nc2cc(F)ccc21. The van der Waals surface area contributed by atoms with Crippen molar-refractivity contribution in [1.82, 2.24) is 14.5 Å². The van der Waals surface area contributed by atoms with E-state index in [-0.39, 0.29) is 5.82 Å². The molecule has 0 aliphatic rings. The Kier molecular flexibility index (Phi) is 2.92. The molecule has 0 saturated heterocycles. The van der Waals surface area contributed by atoms with Crippen molar-refractivity contribution in [1.29, 1.82) is 0 Å². The highest BCUT2D eigenvalue weighted by atomic mass is 19.1. The molecule has 0 radical (unpaired) electrons. The van der Waals surface area contributed by atoms with Crippen LogP contribution in [0, 0.1) is 5.82 Å². The number of nitrogens with one attached hydrogen (secondary N) is 2. The molecule has 98 valence electrons. The molecule has 0 amide bonds. The fraction of sp³-hybridized carbons (Fsp3) is 0.154. The van der Waals surface area contributed by atoms with E-state index in [1.807, 2.05) is 22.9 Å². The first-order valence-corrected chi connectivity index (χ1v) is 6.04. The molecule has 0 saturated carbocycles. The summed E-state index contributed by atoms with van der Waals surface area (Å²) in [6.07, 6.45) is 1.82. The molecule has 5 nitrogen and oxygen atoms in total. The summed E-state index contributed by atoms with van der Waals surface area (Å²) in [5, 5.41) is 3.16. The van der Waals surface area contributed by atoms with E-state index >= 15 is 0 Å². The lowest BCUT2D eigenvalue weighted by Gasteiger charge is -2.08. The summed E-state index contributed by atoms with van der Waals surface area (Å²) in [4.78, 5) is 7.44. The van der Waals surface area contributed by atoms with Gasteiger partial charge in [0.15, 0.2) is 0 Å². The number of aromatic nitrogens is 3. The summed E-state index contributed by atoms with van der Waals surface area (Å²) in [5.74, 6) is 1.18. The van der Waals surface area contributed by atoms with Crippen molar-refractivity contribution in [3.8, 4) is 0 Å². The molecule has 3 aromatic rings. The van der Waals surface area contributed by atoms with E-state index in [9.17, 15) is 4.39 Å². The highest BCUT2D eigenvalue weighted by Crippen LogP contribution is 2.22. The second-order valence-electron chi connectivity index (χ2n) is 4.22. The van der Waals surface area contributed by atoms with E-state index in [1.165, 1.54) is 12.1 Å². The Balaban J connectivity index is 2.08. The standard InChI is InChI=1S/C13H14FN5/c14-9-3-4-11-10(8-9)17-13(19(11)7-5-15)18-12-2-1-6-16-12/h1-4,6,8,16H,5,7,15H2,(H,17,18). The van der Waals surface area contributed by atoms with E-state index in [1.54, 1.807) is 6.07 Å². The van der Waals surface area contributed by atoms with Gasteiger partial charge in [-0.15, -0.1) is 0 Å². The maximum absolute atomic E-state index is 13.2. The minimum Gasteiger partial charge on any atom is -0.348 e. The first-order chi connectivity index (χ1) is 9.28. The van der Waals surface area contributed by atoms with Gasteiger partial charge in [0.1, 0.15) is 11.6 Å². The summed E-state index contributed by atoms with van der Waals surface area (Å²) >= 11 is 0. The van der Waals surface area contributed by atoms with Crippen LogP contribution in [-0.4, -0.2) is 21.1 Å². The van der Waals surface area contributed by atoms with Crippen LogP contribution in [-0.2, 0) is 6.54 Å². The Bertz CT molecular complexity index is 686. The summed E-state index contributed by atoms with van der Waals surface area (Å²) < 4.78 is 15.2. The van der Waals surface area contributed by atoms with Crippen LogP contribution in [0.4, 0.5) is 16.2 Å². The lowest BCUT2D eigenvalue weighted by Crippen LogP contribution is -2.12. The third-order valence-corrected chi connectivity index (χ3v) is 2.91. The first-order valence-electron chi connectivity index (χ1n) is 6.04. The summed E-state index contributed by atoms with van der Waals surface area (Å²) in [5.41, 5.74) is 7.10. The molecule has 0 aliphatic carbocycles. The summed E-state index contributed by atoms with van der Waals surface area (Å²) in [7, 11) is 0. The van der Waals surface area contributed by atoms with Crippen molar-refractivity contribution in [2.45, 2.75) is 6.54 Å². The number of imidazole rings is 1. The molecule has 0 atom stereocenters. The Morgan fingerprint density at radius 1 is 1.37 bits per heavy atom. The Morgan fingerprint density at radius 3 is 3.00 bits per heavy atom. The van der Waals surface area contributed by atoms with Crippen molar-refractivity contribution in [2.24, 2.45) is 5.73 Å². The average molecular weight is 259 g/mol. The van der Waals surface area contributed by atoms with Gasteiger partial charge in [0.2, 0.25) is 5.95 Å². The second kappa shape index (κ2) is 4.74. The van der Waals surface area contributed by atoms with E-state index in [0.717, 1.165) is 11.3 Å². The molecule has 0 unspecified atom stereocenters. The van der Waals surface area contributed by atoms with Crippen molar-refractivity contribution in [3.63, 3.8) is 0 Å². The summed E-state index contributed by atoms with van der Waals surface area (Å²) in [6.45, 7) is 1.10. The minimum absolute atomic E-state index is 0.295. The molecule has 19 heavy (non-hydrogen) atoms. The van der Waals surface area contributed by atoms with Gasteiger partial charge in [-0.3, -0.25) is 0 Å². The number of rotatable bonds is 4. The molecule has 2 heterocycles. The highest BCUT2D eigenvalue weighted by Gasteiger charge is 2.11. The number of H-pyrrole nitrogens is 1. The van der Waals surface area contributed by atoms with Crippen molar-refractivity contribution in [2.75, 3.05) is 11.9 Å². The van der Waals surface area contributed by atoms with E-state index in [4.69, 9.17) is 5.73 Å². The lowest BCUT2D eigenvalue weighted by molar-refractivity contribution is 0.629. The zero-order valence-corrected chi connectivity index (χ0v) is 10.2. The van der Waals surface area contributed by atoms with E-state index in [2.05, 4.69) is 15.3 Å². The molecule has 0 bridgehead atoms. The van der Waals surface area contributed by atoms with Gasteiger partial charge in [0.05, 0.1) is 11.0 Å². The van der Waals surface area contributed by atoms with Crippen LogP contribution in [0.1, 0.15) is 0 Å². The van der Waals surface area contributed by atoms with Gasteiger partial charge < -0.3 is 20.6 Å². The maximum Gasteiger partial charge on any atom is 0.209 e. The molecule has 0 aliphatic heterocycles. The molecule has 4 N–H and O–H groups in total. The fourth-order valence-corrected chi connectivity index (χ4v) is 2.08. The number of anilines is 2. The number of hydrogen-bond donors (Lipinski definition) is 3. The predicted molar refractivity (Wildman–Crippen MR) is 72.8 cm³/mol. The molecule has 2 aromatic heterocycles. The zero-order chi connectivity index (χ0) is 13.2. The third kappa shape index (κ3) is 2.17. The van der Waals surface area contributed by atoms with Gasteiger partial charge in [-0.05, 0) is 24.3 Å². The van der Waals surface area contributed by atoms with E-state index in [0.29, 0.717) is 24.6 Å². The van der Waals surface area contributed by atoms with Gasteiger partial charge in [-0.2, -0.15) is 0 Å². The van der Waals surface area contributed by atoms with Crippen LogP contribution < -0.4 is 11.1 Å². The minimum atomic E-state index is -0.295. The van der Waals surface area contributed by atoms with Crippen LogP contribution in [0.3, 0.4) is 0 Å². The highest BCUT2D eigenvalue weighted by molar-refractivity contribution is 5.79. The summed E-state index contributed by atoms with van der Waals surface area (Å²) in [6, 6.07) is 8.34. The predicted octanol–water partition coefficient (Wildman–Crippen LogP) is 2.21. The molecular weight excluding hydrogens is 245 g/mol. The van der Waals surface area contributed by atoms with Crippen LogP contribution in [0.25, 0.3) is 11.0 Å². The van der Waals surface area contributed by atoms with Crippen LogP contribution in [0.5, 0.6) is 0 Å². The van der Waals surface area contributed by atoms with Crippen LogP contribution in [0.2, 0.25) is 0 Å². The maximum atomic E-state index is 13.2. The van der Waals surface area contributed by atoms with Gasteiger partial charge in [-0.1, -0.05) is 0 Å². The normalized spacial score (nSPS) is 11.1. The number of fused-ring (bicyclic) bond motifs is 1. The second-order valence-corrected chi connectivity index (χ2v) is 4.22. The number of hydrogen-bond acceptors (Lipinski definition) is 3. The number of aromatic amines is 1. The Morgan fingerprint density at radius 2 is 2.26 bits per heavy atom. The van der Waals surface area contributed by atoms with Gasteiger partial charge in [-0.25, -0.2) is 9.37 Å². The quantitative estimate of drug-likeness (QED) is 0.672. The van der Waals surface area contributed by atoms with Crippen LogP contribution >= 0.6 is 0 Å². The van der Waals surface area contributed by atoms with Crippen LogP contribution in [0.15, 0.2) is 36.5 Å². The topological polar surface area (TPSA) is 71.7 Å². The van der Waals surface area contributed by atoms with Gasteiger partial charge in [0.25, 0.3) is 0 Å². The van der Waals surface area contributed by atoms with Gasteiger partial charge in [0, 0.05) is 25.4 Å². The number of benzene rings is 1. The smallest absolute Gasteiger partial charge is 0.209 e.